The highest BCUT2D eigenvalue weighted by atomic mass is 16.1. The third-order valence-corrected chi connectivity index (χ3v) is 4.02. The van der Waals surface area contributed by atoms with Gasteiger partial charge >= 0.3 is 0 Å². The van der Waals surface area contributed by atoms with Gasteiger partial charge in [-0.1, -0.05) is 44.5 Å². The van der Waals surface area contributed by atoms with E-state index in [-0.39, 0.29) is 12.3 Å². The van der Waals surface area contributed by atoms with E-state index in [1.807, 2.05) is 48.4 Å². The summed E-state index contributed by atoms with van der Waals surface area (Å²) in [6.07, 6.45) is 5.75. The Hall–Kier alpha value is -2.56. The van der Waals surface area contributed by atoms with Gasteiger partial charge in [0.15, 0.2) is 0 Å². The number of nitrogens with one attached hydrogen (secondary N) is 2. The number of benzene rings is 1. The third kappa shape index (κ3) is 6.06. The molecule has 0 aliphatic carbocycles. The monoisotopic (exact) mass is 357 g/mol. The molecular formula is C21H31N3O2. The Kier molecular flexibility index (Phi) is 9.83. The maximum absolute atomic E-state index is 12.7. The third-order valence-electron chi connectivity index (χ3n) is 4.02. The number of amides is 1. The lowest BCUT2D eigenvalue weighted by Crippen LogP contribution is -2.35. The lowest BCUT2D eigenvalue weighted by atomic mass is 9.99. The van der Waals surface area contributed by atoms with E-state index >= 15 is 0 Å². The molecule has 1 aromatic carbocycles. The van der Waals surface area contributed by atoms with Crippen molar-refractivity contribution in [3.8, 4) is 0 Å². The molecule has 1 rings (SSSR count). The van der Waals surface area contributed by atoms with Gasteiger partial charge in [0, 0.05) is 32.7 Å². The van der Waals surface area contributed by atoms with Gasteiger partial charge in [-0.2, -0.15) is 0 Å². The zero-order chi connectivity index (χ0) is 19.4. The summed E-state index contributed by atoms with van der Waals surface area (Å²) in [4.78, 5) is 25.9. The Morgan fingerprint density at radius 2 is 1.85 bits per heavy atom. The molecular weight excluding hydrogens is 326 g/mol. The van der Waals surface area contributed by atoms with Gasteiger partial charge < -0.3 is 20.3 Å². The second-order valence-corrected chi connectivity index (χ2v) is 6.01. The first kappa shape index (κ1) is 21.5. The molecule has 2 N–H and O–H groups in total. The summed E-state index contributed by atoms with van der Waals surface area (Å²) in [6, 6.07) is 9.86. The van der Waals surface area contributed by atoms with E-state index in [0.29, 0.717) is 11.4 Å². The number of allylic oxidation sites excluding steroid dienone is 1. The van der Waals surface area contributed by atoms with Crippen molar-refractivity contribution < 1.29 is 9.59 Å². The number of para-hydroxylation sites is 1. The molecule has 0 atom stereocenters. The molecule has 0 spiro atoms. The molecule has 0 saturated heterocycles. The van der Waals surface area contributed by atoms with E-state index in [9.17, 15) is 9.59 Å². The van der Waals surface area contributed by atoms with Crippen LogP contribution in [0.2, 0.25) is 0 Å². The number of nitrogens with zero attached hydrogens (tertiary/aromatic N) is 1. The summed E-state index contributed by atoms with van der Waals surface area (Å²) >= 11 is 0. The fraction of sp³-hybridized carbons (Fsp3) is 0.429. The SMILES string of the molecule is CCC/C=C(CC=O)/C(C(=O)NC)=C(/NCCC)N(C)c1ccccc1. The predicted octanol–water partition coefficient (Wildman–Crippen LogP) is 3.40. The number of rotatable bonds is 11. The minimum atomic E-state index is -0.199. The van der Waals surface area contributed by atoms with Crippen molar-refractivity contribution >= 4 is 17.9 Å². The summed E-state index contributed by atoms with van der Waals surface area (Å²) in [5.74, 6) is 0.511. The van der Waals surface area contributed by atoms with Gasteiger partial charge in [-0.25, -0.2) is 0 Å². The second-order valence-electron chi connectivity index (χ2n) is 6.01. The van der Waals surface area contributed by atoms with E-state index in [2.05, 4.69) is 24.5 Å². The number of carbonyl (C=O) groups excluding carboxylic acids is 2. The van der Waals surface area contributed by atoms with Crippen molar-refractivity contribution in [1.82, 2.24) is 10.6 Å². The lowest BCUT2D eigenvalue weighted by molar-refractivity contribution is -0.116. The molecule has 0 saturated carbocycles. The van der Waals surface area contributed by atoms with Crippen molar-refractivity contribution in [2.75, 3.05) is 25.5 Å². The predicted molar refractivity (Wildman–Crippen MR) is 108 cm³/mol. The molecule has 26 heavy (non-hydrogen) atoms. The van der Waals surface area contributed by atoms with Crippen LogP contribution in [-0.4, -0.2) is 32.8 Å². The Balaban J connectivity index is 3.54. The zero-order valence-corrected chi connectivity index (χ0v) is 16.3. The Morgan fingerprint density at radius 1 is 1.15 bits per heavy atom. The normalized spacial score (nSPS) is 12.2. The first-order valence-corrected chi connectivity index (χ1v) is 9.22. The van der Waals surface area contributed by atoms with Gasteiger partial charge in [-0.15, -0.1) is 0 Å². The Bertz CT molecular complexity index is 636. The average Bonchev–Trinajstić information content (AvgIpc) is 2.68. The van der Waals surface area contributed by atoms with Gasteiger partial charge in [0.25, 0.3) is 5.91 Å². The van der Waals surface area contributed by atoms with Crippen molar-refractivity contribution in [1.29, 1.82) is 0 Å². The maximum Gasteiger partial charge on any atom is 0.254 e. The van der Waals surface area contributed by atoms with Gasteiger partial charge in [0.1, 0.15) is 12.1 Å². The maximum atomic E-state index is 12.7. The topological polar surface area (TPSA) is 61.4 Å². The molecule has 0 aliphatic rings. The number of anilines is 1. The van der Waals surface area contributed by atoms with E-state index < -0.39 is 0 Å². The van der Waals surface area contributed by atoms with Crippen LogP contribution in [0.5, 0.6) is 0 Å². The number of unbranched alkanes of at least 4 members (excludes halogenated alkanes) is 1. The fourth-order valence-electron chi connectivity index (χ4n) is 2.63. The first-order valence-electron chi connectivity index (χ1n) is 9.22. The lowest BCUT2D eigenvalue weighted by Gasteiger charge is -2.27. The molecule has 0 aromatic heterocycles. The zero-order valence-electron chi connectivity index (χ0n) is 16.3. The molecule has 1 amide bonds. The van der Waals surface area contributed by atoms with Crippen LogP contribution in [0.3, 0.4) is 0 Å². The first-order chi connectivity index (χ1) is 12.6. The average molecular weight is 357 g/mol. The van der Waals surface area contributed by atoms with Gasteiger partial charge in [-0.05, 0) is 30.5 Å². The van der Waals surface area contributed by atoms with E-state index in [0.717, 1.165) is 43.4 Å². The quantitative estimate of drug-likeness (QED) is 0.362. The minimum absolute atomic E-state index is 0.199. The molecule has 5 heteroatoms. The molecule has 5 nitrogen and oxygen atoms in total. The summed E-state index contributed by atoms with van der Waals surface area (Å²) in [5, 5.41) is 6.11. The minimum Gasteiger partial charge on any atom is -0.371 e. The summed E-state index contributed by atoms with van der Waals surface area (Å²) in [6.45, 7) is 4.88. The molecule has 0 bridgehead atoms. The fourth-order valence-corrected chi connectivity index (χ4v) is 2.63. The van der Waals surface area contributed by atoms with E-state index in [1.54, 1.807) is 7.05 Å². The molecule has 0 unspecified atom stereocenters. The number of likely N-dealkylation sites (N-methyl/N-ethyl adjacent to an activating group) is 1. The Labute approximate surface area is 157 Å². The van der Waals surface area contributed by atoms with Crippen LogP contribution in [0.15, 0.2) is 53.4 Å². The highest BCUT2D eigenvalue weighted by Gasteiger charge is 2.22. The molecule has 1 aromatic rings. The highest BCUT2D eigenvalue weighted by Crippen LogP contribution is 2.24. The standard InChI is InChI=1S/C21H31N3O2/c1-5-7-11-17(14-16-25)19(21(26)22-3)20(23-15-6-2)24(4)18-12-9-8-10-13-18/h8-13,16,23H,5-7,14-15H2,1-4H3,(H,22,26)/b17-11+,20-19+. The summed E-state index contributed by atoms with van der Waals surface area (Å²) < 4.78 is 0. The summed E-state index contributed by atoms with van der Waals surface area (Å²) in [5.41, 5.74) is 2.24. The number of hydrogen-bond acceptors (Lipinski definition) is 4. The molecule has 142 valence electrons. The van der Waals surface area contributed by atoms with Gasteiger partial charge in [0.2, 0.25) is 0 Å². The van der Waals surface area contributed by atoms with Crippen LogP contribution in [0.25, 0.3) is 0 Å². The van der Waals surface area contributed by atoms with E-state index in [4.69, 9.17) is 0 Å². The molecule has 0 aliphatic heterocycles. The smallest absolute Gasteiger partial charge is 0.254 e. The Morgan fingerprint density at radius 3 is 2.38 bits per heavy atom. The van der Waals surface area contributed by atoms with Crippen LogP contribution >= 0.6 is 0 Å². The van der Waals surface area contributed by atoms with Crippen molar-refractivity contribution in [3.05, 3.63) is 53.4 Å². The molecule has 0 heterocycles. The van der Waals surface area contributed by atoms with Crippen molar-refractivity contribution in [3.63, 3.8) is 0 Å². The van der Waals surface area contributed by atoms with Crippen LogP contribution in [0.4, 0.5) is 5.69 Å². The van der Waals surface area contributed by atoms with Crippen LogP contribution in [0.1, 0.15) is 39.5 Å². The second kappa shape index (κ2) is 11.9. The van der Waals surface area contributed by atoms with Crippen LogP contribution < -0.4 is 15.5 Å². The van der Waals surface area contributed by atoms with Crippen LogP contribution in [0, 0.1) is 0 Å². The van der Waals surface area contributed by atoms with Gasteiger partial charge in [-0.3, -0.25) is 4.79 Å². The van der Waals surface area contributed by atoms with Crippen molar-refractivity contribution in [2.24, 2.45) is 0 Å². The summed E-state index contributed by atoms with van der Waals surface area (Å²) in [7, 11) is 3.54. The van der Waals surface area contributed by atoms with Crippen LogP contribution in [-0.2, 0) is 9.59 Å². The van der Waals surface area contributed by atoms with Crippen molar-refractivity contribution in [2.45, 2.75) is 39.5 Å². The number of hydrogen-bond donors (Lipinski definition) is 2. The molecule has 0 radical (unpaired) electrons. The molecule has 0 fully saturated rings. The van der Waals surface area contributed by atoms with Gasteiger partial charge in [0.05, 0.1) is 5.57 Å². The number of aldehydes is 1. The number of carbonyl (C=O) groups is 2. The largest absolute Gasteiger partial charge is 0.371 e. The van der Waals surface area contributed by atoms with E-state index in [1.165, 1.54) is 0 Å². The highest BCUT2D eigenvalue weighted by molar-refractivity contribution is 5.99.